The molecule has 0 aliphatic heterocycles. The van der Waals surface area contributed by atoms with E-state index in [1.54, 1.807) is 12.1 Å². The second-order valence-electron chi connectivity index (χ2n) is 4.22. The highest BCUT2D eigenvalue weighted by Gasteiger charge is 2.15. The van der Waals surface area contributed by atoms with Crippen molar-refractivity contribution in [1.82, 2.24) is 0 Å². The Bertz CT molecular complexity index is 723. The normalized spacial score (nSPS) is 9.86. The van der Waals surface area contributed by atoms with Gasteiger partial charge in [-0.25, -0.2) is 4.79 Å². The van der Waals surface area contributed by atoms with Gasteiger partial charge in [-0.05, 0) is 30.3 Å². The van der Waals surface area contributed by atoms with E-state index >= 15 is 0 Å². The number of aldehydes is 1. The summed E-state index contributed by atoms with van der Waals surface area (Å²) in [6, 6.07) is 9.61. The summed E-state index contributed by atoms with van der Waals surface area (Å²) in [4.78, 5) is 33.0. The van der Waals surface area contributed by atoms with Crippen LogP contribution in [0.2, 0.25) is 0 Å². The number of carbonyl (C=O) groups excluding carboxylic acids is 2. The van der Waals surface area contributed by atoms with Crippen molar-refractivity contribution in [2.45, 2.75) is 0 Å². The molecule has 0 unspecified atom stereocenters. The zero-order valence-electron chi connectivity index (χ0n) is 11.5. The van der Waals surface area contributed by atoms with Crippen molar-refractivity contribution in [3.05, 3.63) is 63.7 Å². The third-order valence-electron chi connectivity index (χ3n) is 2.86. The number of benzene rings is 2. The van der Waals surface area contributed by atoms with Crippen LogP contribution in [0, 0.1) is 10.1 Å². The van der Waals surface area contributed by atoms with Crippen LogP contribution in [0.15, 0.2) is 42.5 Å². The predicted molar refractivity (Wildman–Crippen MR) is 76.4 cm³/mol. The Morgan fingerprint density at radius 2 is 1.86 bits per heavy atom. The molecule has 2 rings (SSSR count). The zero-order valence-corrected chi connectivity index (χ0v) is 11.5. The molecule has 7 nitrogen and oxygen atoms in total. The lowest BCUT2D eigenvalue weighted by Gasteiger charge is -2.07. The smallest absolute Gasteiger partial charge is 0.343 e. The second kappa shape index (κ2) is 6.49. The predicted octanol–water partition coefficient (Wildman–Crippen LogP) is 2.64. The van der Waals surface area contributed by atoms with E-state index < -0.39 is 10.9 Å². The molecule has 0 aliphatic rings. The molecule has 0 aromatic heterocycles. The maximum atomic E-state index is 12.0. The van der Waals surface area contributed by atoms with Gasteiger partial charge in [0.15, 0.2) is 6.29 Å². The summed E-state index contributed by atoms with van der Waals surface area (Å²) < 4.78 is 10.1. The van der Waals surface area contributed by atoms with Crippen LogP contribution in [-0.4, -0.2) is 24.3 Å². The van der Waals surface area contributed by atoms with Crippen LogP contribution in [0.25, 0.3) is 0 Å². The van der Waals surface area contributed by atoms with Gasteiger partial charge < -0.3 is 9.47 Å². The first kappa shape index (κ1) is 15.2. The van der Waals surface area contributed by atoms with Crippen molar-refractivity contribution >= 4 is 17.9 Å². The van der Waals surface area contributed by atoms with Crippen LogP contribution in [0.3, 0.4) is 0 Å². The van der Waals surface area contributed by atoms with E-state index in [4.69, 9.17) is 9.47 Å². The quantitative estimate of drug-likeness (QED) is 0.277. The number of methoxy groups -OCH3 is 1. The molecule has 0 saturated heterocycles. The molecule has 0 heterocycles. The summed E-state index contributed by atoms with van der Waals surface area (Å²) >= 11 is 0. The highest BCUT2D eigenvalue weighted by molar-refractivity contribution is 5.92. The maximum Gasteiger partial charge on any atom is 0.343 e. The number of hydrogen-bond acceptors (Lipinski definition) is 6. The summed E-state index contributed by atoms with van der Waals surface area (Å²) in [5, 5.41) is 10.7. The minimum absolute atomic E-state index is 0.0404. The summed E-state index contributed by atoms with van der Waals surface area (Å²) in [5.41, 5.74) is -0.0709. The van der Waals surface area contributed by atoms with Crippen molar-refractivity contribution in [3.63, 3.8) is 0 Å². The van der Waals surface area contributed by atoms with Gasteiger partial charge in [0.1, 0.15) is 11.5 Å². The molecule has 2 aromatic carbocycles. The molecular formula is C15H11NO6. The maximum absolute atomic E-state index is 12.0. The third-order valence-corrected chi connectivity index (χ3v) is 2.86. The molecule has 0 amide bonds. The number of nitro benzene ring substituents is 1. The van der Waals surface area contributed by atoms with Crippen LogP contribution in [0.1, 0.15) is 20.7 Å². The molecule has 0 radical (unpaired) electrons. The lowest BCUT2D eigenvalue weighted by atomic mass is 10.2. The highest BCUT2D eigenvalue weighted by Crippen LogP contribution is 2.24. The average Bonchev–Trinajstić information content (AvgIpc) is 2.55. The Morgan fingerprint density at radius 1 is 1.18 bits per heavy atom. The lowest BCUT2D eigenvalue weighted by Crippen LogP contribution is -2.10. The molecule has 0 atom stereocenters. The minimum atomic E-state index is -0.681. The Labute approximate surface area is 125 Å². The van der Waals surface area contributed by atoms with Gasteiger partial charge in [-0.1, -0.05) is 0 Å². The van der Waals surface area contributed by atoms with Gasteiger partial charge in [-0.2, -0.15) is 0 Å². The van der Waals surface area contributed by atoms with Crippen LogP contribution in [0.5, 0.6) is 11.5 Å². The lowest BCUT2D eigenvalue weighted by molar-refractivity contribution is -0.384. The van der Waals surface area contributed by atoms with Crippen LogP contribution >= 0.6 is 0 Å². The Hall–Kier alpha value is -3.22. The summed E-state index contributed by atoms with van der Waals surface area (Å²) in [5.74, 6) is -0.138. The second-order valence-corrected chi connectivity index (χ2v) is 4.22. The monoisotopic (exact) mass is 301 g/mol. The molecule has 0 aliphatic carbocycles. The number of non-ortho nitro benzene ring substituents is 1. The molecule has 0 spiro atoms. The van der Waals surface area contributed by atoms with Gasteiger partial charge in [0, 0.05) is 12.1 Å². The van der Waals surface area contributed by atoms with E-state index in [-0.39, 0.29) is 22.6 Å². The molecule has 112 valence electrons. The van der Waals surface area contributed by atoms with Crippen molar-refractivity contribution in [3.8, 4) is 11.5 Å². The summed E-state index contributed by atoms with van der Waals surface area (Å²) in [6.07, 6.45) is 0.392. The number of esters is 1. The molecule has 0 N–H and O–H groups in total. The SMILES string of the molecule is COc1ccc(C(=O)Oc2ccc([N+](=O)[O-])cc2C=O)cc1. The van der Waals surface area contributed by atoms with Crippen molar-refractivity contribution in [2.24, 2.45) is 0 Å². The summed E-state index contributed by atoms with van der Waals surface area (Å²) in [7, 11) is 1.50. The van der Waals surface area contributed by atoms with Gasteiger partial charge in [-0.3, -0.25) is 14.9 Å². The van der Waals surface area contributed by atoms with E-state index in [1.807, 2.05) is 0 Å². The summed E-state index contributed by atoms with van der Waals surface area (Å²) in [6.45, 7) is 0. The standard InChI is InChI=1S/C15H11NO6/c1-21-13-5-2-10(3-6-13)15(18)22-14-7-4-12(16(19)20)8-11(14)9-17/h2-9H,1H3. The number of nitro groups is 1. The van der Waals surface area contributed by atoms with Gasteiger partial charge >= 0.3 is 5.97 Å². The van der Waals surface area contributed by atoms with Crippen LogP contribution < -0.4 is 9.47 Å². The third kappa shape index (κ3) is 3.26. The first-order chi connectivity index (χ1) is 10.5. The van der Waals surface area contributed by atoms with Crippen molar-refractivity contribution < 1.29 is 24.0 Å². The van der Waals surface area contributed by atoms with Crippen LogP contribution in [0.4, 0.5) is 5.69 Å². The number of carbonyl (C=O) groups is 2. The van der Waals surface area contributed by atoms with Crippen LogP contribution in [-0.2, 0) is 0 Å². The number of ether oxygens (including phenoxy) is 2. The fourth-order valence-corrected chi connectivity index (χ4v) is 1.72. The van der Waals surface area contributed by atoms with Gasteiger partial charge in [-0.15, -0.1) is 0 Å². The first-order valence-corrected chi connectivity index (χ1v) is 6.15. The molecule has 0 fully saturated rings. The fraction of sp³-hybridized carbons (Fsp3) is 0.0667. The molecular weight excluding hydrogens is 290 g/mol. The molecule has 0 saturated carbocycles. The van der Waals surface area contributed by atoms with Gasteiger partial charge in [0.05, 0.1) is 23.2 Å². The zero-order chi connectivity index (χ0) is 16.1. The number of rotatable bonds is 5. The number of nitrogens with zero attached hydrogens (tertiary/aromatic N) is 1. The Kier molecular flexibility index (Phi) is 4.47. The highest BCUT2D eigenvalue weighted by atomic mass is 16.6. The topological polar surface area (TPSA) is 95.7 Å². The van der Waals surface area contributed by atoms with E-state index in [0.717, 1.165) is 12.1 Å². The van der Waals surface area contributed by atoms with Crippen molar-refractivity contribution in [1.29, 1.82) is 0 Å². The van der Waals surface area contributed by atoms with E-state index in [2.05, 4.69) is 0 Å². The van der Waals surface area contributed by atoms with E-state index in [0.29, 0.717) is 12.0 Å². The number of hydrogen-bond donors (Lipinski definition) is 0. The molecule has 2 aromatic rings. The Morgan fingerprint density at radius 3 is 2.41 bits per heavy atom. The van der Waals surface area contributed by atoms with Gasteiger partial charge in [0.25, 0.3) is 5.69 Å². The molecule has 0 bridgehead atoms. The van der Waals surface area contributed by atoms with E-state index in [1.165, 1.54) is 25.3 Å². The van der Waals surface area contributed by atoms with Gasteiger partial charge in [0.2, 0.25) is 0 Å². The largest absolute Gasteiger partial charge is 0.497 e. The Balaban J connectivity index is 2.23. The average molecular weight is 301 g/mol. The minimum Gasteiger partial charge on any atom is -0.497 e. The molecule has 22 heavy (non-hydrogen) atoms. The molecule has 7 heteroatoms. The fourth-order valence-electron chi connectivity index (χ4n) is 1.72. The van der Waals surface area contributed by atoms with E-state index in [9.17, 15) is 19.7 Å². The first-order valence-electron chi connectivity index (χ1n) is 6.15. The van der Waals surface area contributed by atoms with Crippen molar-refractivity contribution in [2.75, 3.05) is 7.11 Å².